The second-order valence-corrected chi connectivity index (χ2v) is 5.76. The van der Waals surface area contributed by atoms with Crippen LogP contribution >= 0.6 is 0 Å². The van der Waals surface area contributed by atoms with Gasteiger partial charge in [0.25, 0.3) is 5.91 Å². The summed E-state index contributed by atoms with van der Waals surface area (Å²) in [5.74, 6) is 0.517. The highest BCUT2D eigenvalue weighted by Gasteiger charge is 2.24. The average Bonchev–Trinajstić information content (AvgIpc) is 2.60. The van der Waals surface area contributed by atoms with Crippen LogP contribution in [0.1, 0.15) is 23.2 Å². The number of hydrogen-bond donors (Lipinski definition) is 0. The van der Waals surface area contributed by atoms with E-state index in [4.69, 9.17) is 4.74 Å². The van der Waals surface area contributed by atoms with Gasteiger partial charge in [-0.1, -0.05) is 6.07 Å². The SMILES string of the molecule is O=C(c1ccncc1)N1CCC[C@@H](COc2cccc(F)c2)C1. The maximum Gasteiger partial charge on any atom is 0.253 e. The largest absolute Gasteiger partial charge is 0.493 e. The van der Waals surface area contributed by atoms with Crippen molar-refractivity contribution >= 4 is 5.91 Å². The van der Waals surface area contributed by atoms with Gasteiger partial charge in [-0.2, -0.15) is 0 Å². The van der Waals surface area contributed by atoms with Crippen LogP contribution in [0.15, 0.2) is 48.8 Å². The first-order valence-electron chi connectivity index (χ1n) is 7.80. The summed E-state index contributed by atoms with van der Waals surface area (Å²) in [4.78, 5) is 18.3. The molecule has 0 spiro atoms. The summed E-state index contributed by atoms with van der Waals surface area (Å²) in [6.07, 6.45) is 5.22. The van der Waals surface area contributed by atoms with E-state index in [0.717, 1.165) is 19.4 Å². The molecular formula is C18H19FN2O2. The Morgan fingerprint density at radius 2 is 2.13 bits per heavy atom. The molecule has 4 nitrogen and oxygen atoms in total. The van der Waals surface area contributed by atoms with Gasteiger partial charge in [0.1, 0.15) is 11.6 Å². The van der Waals surface area contributed by atoms with Crippen molar-refractivity contribution in [3.63, 3.8) is 0 Å². The van der Waals surface area contributed by atoms with E-state index in [0.29, 0.717) is 24.5 Å². The van der Waals surface area contributed by atoms with Gasteiger partial charge >= 0.3 is 0 Å². The fourth-order valence-electron chi connectivity index (χ4n) is 2.83. The average molecular weight is 314 g/mol. The molecule has 5 heteroatoms. The van der Waals surface area contributed by atoms with E-state index in [1.807, 2.05) is 4.90 Å². The van der Waals surface area contributed by atoms with Crippen molar-refractivity contribution in [2.75, 3.05) is 19.7 Å². The second-order valence-electron chi connectivity index (χ2n) is 5.76. The lowest BCUT2D eigenvalue weighted by Crippen LogP contribution is -2.41. The molecule has 1 atom stereocenters. The molecule has 1 aliphatic heterocycles. The highest BCUT2D eigenvalue weighted by atomic mass is 19.1. The molecule has 3 rings (SSSR count). The van der Waals surface area contributed by atoms with Gasteiger partial charge in [0.05, 0.1) is 6.61 Å². The summed E-state index contributed by atoms with van der Waals surface area (Å²) < 4.78 is 18.8. The third-order valence-electron chi connectivity index (χ3n) is 4.02. The molecule has 0 saturated carbocycles. The molecule has 120 valence electrons. The number of amides is 1. The van der Waals surface area contributed by atoms with Crippen LogP contribution in [0.25, 0.3) is 0 Å². The Kier molecular flexibility index (Phi) is 4.86. The lowest BCUT2D eigenvalue weighted by atomic mass is 9.98. The normalized spacial score (nSPS) is 17.8. The summed E-state index contributed by atoms with van der Waals surface area (Å²) in [5.41, 5.74) is 0.659. The van der Waals surface area contributed by atoms with Gasteiger partial charge in [-0.15, -0.1) is 0 Å². The number of carbonyl (C=O) groups excluding carboxylic acids is 1. The molecule has 0 bridgehead atoms. The number of piperidine rings is 1. The van der Waals surface area contributed by atoms with Crippen molar-refractivity contribution in [3.05, 3.63) is 60.2 Å². The second kappa shape index (κ2) is 7.22. The first-order chi connectivity index (χ1) is 11.2. The zero-order chi connectivity index (χ0) is 16.1. The van der Waals surface area contributed by atoms with Gasteiger partial charge in [0, 0.05) is 43.0 Å². The number of likely N-dealkylation sites (tertiary alicyclic amines) is 1. The van der Waals surface area contributed by atoms with Crippen molar-refractivity contribution < 1.29 is 13.9 Å². The van der Waals surface area contributed by atoms with Crippen LogP contribution in [0.3, 0.4) is 0 Å². The number of nitrogens with zero attached hydrogens (tertiary/aromatic N) is 2. The van der Waals surface area contributed by atoms with Gasteiger partial charge in [0.2, 0.25) is 0 Å². The third kappa shape index (κ3) is 4.06. The molecule has 2 heterocycles. The minimum absolute atomic E-state index is 0.0304. The number of halogens is 1. The summed E-state index contributed by atoms with van der Waals surface area (Å²) in [7, 11) is 0. The fourth-order valence-corrected chi connectivity index (χ4v) is 2.83. The fraction of sp³-hybridized carbons (Fsp3) is 0.333. The minimum Gasteiger partial charge on any atom is -0.493 e. The summed E-state index contributed by atoms with van der Waals surface area (Å²) in [6.45, 7) is 1.91. The Morgan fingerprint density at radius 3 is 2.91 bits per heavy atom. The summed E-state index contributed by atoms with van der Waals surface area (Å²) in [5, 5.41) is 0. The van der Waals surface area contributed by atoms with E-state index in [9.17, 15) is 9.18 Å². The number of carbonyl (C=O) groups is 1. The van der Waals surface area contributed by atoms with Crippen LogP contribution < -0.4 is 4.74 Å². The van der Waals surface area contributed by atoms with E-state index in [2.05, 4.69) is 4.98 Å². The highest BCUT2D eigenvalue weighted by molar-refractivity contribution is 5.94. The Labute approximate surface area is 134 Å². The molecule has 0 aliphatic carbocycles. The summed E-state index contributed by atoms with van der Waals surface area (Å²) >= 11 is 0. The van der Waals surface area contributed by atoms with Gasteiger partial charge in [0.15, 0.2) is 0 Å². The molecule has 1 aromatic heterocycles. The van der Waals surface area contributed by atoms with Gasteiger partial charge in [-0.25, -0.2) is 4.39 Å². The van der Waals surface area contributed by atoms with Crippen LogP contribution in [0.5, 0.6) is 5.75 Å². The molecule has 1 fully saturated rings. The van der Waals surface area contributed by atoms with Gasteiger partial charge in [-0.05, 0) is 37.1 Å². The van der Waals surface area contributed by atoms with Crippen molar-refractivity contribution in [2.24, 2.45) is 5.92 Å². The van der Waals surface area contributed by atoms with Crippen molar-refractivity contribution in [2.45, 2.75) is 12.8 Å². The zero-order valence-electron chi connectivity index (χ0n) is 12.8. The lowest BCUT2D eigenvalue weighted by molar-refractivity contribution is 0.0633. The Morgan fingerprint density at radius 1 is 1.30 bits per heavy atom. The standard InChI is InChI=1S/C18H19FN2O2/c19-16-4-1-5-17(11-16)23-13-14-3-2-10-21(12-14)18(22)15-6-8-20-9-7-15/h1,4-9,11,14H,2-3,10,12-13H2/t14-/m1/s1. The number of benzene rings is 1. The first-order valence-corrected chi connectivity index (χ1v) is 7.80. The Balaban J connectivity index is 1.57. The molecule has 1 saturated heterocycles. The molecule has 0 unspecified atom stereocenters. The molecule has 0 radical (unpaired) electrons. The van der Waals surface area contributed by atoms with E-state index in [-0.39, 0.29) is 17.6 Å². The molecule has 1 aromatic carbocycles. The van der Waals surface area contributed by atoms with Crippen LogP contribution in [0.2, 0.25) is 0 Å². The number of aromatic nitrogens is 1. The number of rotatable bonds is 4. The monoisotopic (exact) mass is 314 g/mol. The van der Waals surface area contributed by atoms with Crippen LogP contribution in [0, 0.1) is 11.7 Å². The number of pyridine rings is 1. The summed E-state index contributed by atoms with van der Waals surface area (Å²) in [6, 6.07) is 9.60. The lowest BCUT2D eigenvalue weighted by Gasteiger charge is -2.32. The predicted molar refractivity (Wildman–Crippen MR) is 84.8 cm³/mol. The van der Waals surface area contributed by atoms with Crippen LogP contribution in [-0.4, -0.2) is 35.5 Å². The number of hydrogen-bond acceptors (Lipinski definition) is 3. The molecule has 1 aliphatic rings. The van der Waals surface area contributed by atoms with E-state index >= 15 is 0 Å². The predicted octanol–water partition coefficient (Wildman–Crippen LogP) is 3.15. The van der Waals surface area contributed by atoms with Crippen molar-refractivity contribution in [1.82, 2.24) is 9.88 Å². The molecule has 23 heavy (non-hydrogen) atoms. The van der Waals surface area contributed by atoms with Crippen molar-refractivity contribution in [1.29, 1.82) is 0 Å². The zero-order valence-corrected chi connectivity index (χ0v) is 12.8. The van der Waals surface area contributed by atoms with E-state index in [1.165, 1.54) is 12.1 Å². The maximum atomic E-state index is 13.2. The first kappa shape index (κ1) is 15.5. The van der Waals surface area contributed by atoms with E-state index in [1.54, 1.807) is 36.7 Å². The van der Waals surface area contributed by atoms with E-state index < -0.39 is 0 Å². The topological polar surface area (TPSA) is 42.4 Å². The molecule has 0 N–H and O–H groups in total. The Bertz CT molecular complexity index is 663. The Hall–Kier alpha value is -2.43. The van der Waals surface area contributed by atoms with Gasteiger partial charge in [-0.3, -0.25) is 9.78 Å². The third-order valence-corrected chi connectivity index (χ3v) is 4.02. The molecular weight excluding hydrogens is 295 g/mol. The van der Waals surface area contributed by atoms with Crippen LogP contribution in [0.4, 0.5) is 4.39 Å². The minimum atomic E-state index is -0.305. The van der Waals surface area contributed by atoms with Crippen molar-refractivity contribution in [3.8, 4) is 5.75 Å². The molecule has 1 amide bonds. The highest BCUT2D eigenvalue weighted by Crippen LogP contribution is 2.20. The van der Waals surface area contributed by atoms with Crippen LogP contribution in [-0.2, 0) is 0 Å². The smallest absolute Gasteiger partial charge is 0.253 e. The number of ether oxygens (including phenoxy) is 1. The molecule has 2 aromatic rings. The quantitative estimate of drug-likeness (QED) is 0.870. The maximum absolute atomic E-state index is 13.2. The van der Waals surface area contributed by atoms with Gasteiger partial charge < -0.3 is 9.64 Å².